The first kappa shape index (κ1) is 14.6. The quantitative estimate of drug-likeness (QED) is 0.760. The van der Waals surface area contributed by atoms with Gasteiger partial charge in [0, 0.05) is 13.0 Å². The van der Waals surface area contributed by atoms with Gasteiger partial charge in [-0.15, -0.1) is 0 Å². The molecule has 0 aliphatic rings. The summed E-state index contributed by atoms with van der Waals surface area (Å²) >= 11 is 2.91. The number of carbonyl (C=O) groups excluding carboxylic acids is 1. The zero-order valence-electron chi connectivity index (χ0n) is 9.19. The van der Waals surface area contributed by atoms with Gasteiger partial charge < -0.3 is 15.5 Å². The molecule has 1 amide bonds. The van der Waals surface area contributed by atoms with Crippen LogP contribution in [0.5, 0.6) is 0 Å². The largest absolute Gasteiger partial charge is 0.480 e. The summed E-state index contributed by atoms with van der Waals surface area (Å²) < 4.78 is 13.2. The van der Waals surface area contributed by atoms with Crippen LogP contribution < -0.4 is 5.32 Å². The molecule has 18 heavy (non-hydrogen) atoms. The second-order valence-corrected chi connectivity index (χ2v) is 4.27. The Hall–Kier alpha value is -1.47. The third-order valence-electron chi connectivity index (χ3n) is 2.22. The lowest BCUT2D eigenvalue weighted by Gasteiger charge is -2.13. The standard InChI is InChI=1S/C11H11BrFNO4/c12-9-6(2-1-3-7(9)13)10(16)14-8(4-5-15)11(17)18/h1-3,8,15H,4-5H2,(H,14,16)(H,17,18)/t8-/m0/s1. The van der Waals surface area contributed by atoms with Gasteiger partial charge in [-0.25, -0.2) is 9.18 Å². The van der Waals surface area contributed by atoms with Gasteiger partial charge in [0.15, 0.2) is 0 Å². The van der Waals surface area contributed by atoms with Crippen molar-refractivity contribution in [3.05, 3.63) is 34.1 Å². The van der Waals surface area contributed by atoms with Crippen molar-refractivity contribution < 1.29 is 24.2 Å². The van der Waals surface area contributed by atoms with Gasteiger partial charge in [0.25, 0.3) is 5.91 Å². The molecule has 98 valence electrons. The first-order valence-corrected chi connectivity index (χ1v) is 5.85. The molecule has 5 nitrogen and oxygen atoms in total. The van der Waals surface area contributed by atoms with Gasteiger partial charge in [0.2, 0.25) is 0 Å². The normalized spacial score (nSPS) is 11.9. The molecule has 0 fully saturated rings. The number of rotatable bonds is 5. The van der Waals surface area contributed by atoms with Crippen molar-refractivity contribution in [1.82, 2.24) is 5.32 Å². The lowest BCUT2D eigenvalue weighted by atomic mass is 10.1. The SMILES string of the molecule is O=C(N[C@@H](CCO)C(=O)O)c1cccc(F)c1Br. The third kappa shape index (κ3) is 3.51. The van der Waals surface area contributed by atoms with Crippen LogP contribution in [0.25, 0.3) is 0 Å². The highest BCUT2D eigenvalue weighted by molar-refractivity contribution is 9.10. The zero-order valence-corrected chi connectivity index (χ0v) is 10.8. The zero-order chi connectivity index (χ0) is 13.7. The molecule has 1 rings (SSSR count). The van der Waals surface area contributed by atoms with E-state index in [0.29, 0.717) is 0 Å². The average Bonchev–Trinajstić information content (AvgIpc) is 2.31. The number of amides is 1. The van der Waals surface area contributed by atoms with Crippen LogP contribution in [0.1, 0.15) is 16.8 Å². The van der Waals surface area contributed by atoms with Gasteiger partial charge in [-0.1, -0.05) is 6.07 Å². The summed E-state index contributed by atoms with van der Waals surface area (Å²) in [4.78, 5) is 22.6. The summed E-state index contributed by atoms with van der Waals surface area (Å²) in [6.07, 6.45) is -0.117. The molecule has 1 atom stereocenters. The van der Waals surface area contributed by atoms with Gasteiger partial charge in [0.05, 0.1) is 10.0 Å². The molecule has 0 aliphatic heterocycles. The molecular formula is C11H11BrFNO4. The Morgan fingerprint density at radius 2 is 2.11 bits per heavy atom. The van der Waals surface area contributed by atoms with Crippen LogP contribution in [0.2, 0.25) is 0 Å². The van der Waals surface area contributed by atoms with Gasteiger partial charge in [-0.3, -0.25) is 4.79 Å². The van der Waals surface area contributed by atoms with E-state index < -0.39 is 23.7 Å². The van der Waals surface area contributed by atoms with Crippen LogP contribution in [-0.4, -0.2) is 34.7 Å². The number of carbonyl (C=O) groups is 2. The van der Waals surface area contributed by atoms with Crippen LogP contribution in [0.15, 0.2) is 22.7 Å². The molecule has 0 saturated heterocycles. The van der Waals surface area contributed by atoms with Crippen molar-refractivity contribution in [3.8, 4) is 0 Å². The van der Waals surface area contributed by atoms with Gasteiger partial charge in [0.1, 0.15) is 11.9 Å². The molecule has 0 radical (unpaired) electrons. The molecular weight excluding hydrogens is 309 g/mol. The van der Waals surface area contributed by atoms with Crippen molar-refractivity contribution in [3.63, 3.8) is 0 Å². The maximum atomic E-state index is 13.2. The number of carboxylic acids is 1. The predicted molar refractivity (Wildman–Crippen MR) is 64.7 cm³/mol. The van der Waals surface area contributed by atoms with E-state index in [-0.39, 0.29) is 23.1 Å². The highest BCUT2D eigenvalue weighted by atomic mass is 79.9. The Balaban J connectivity index is 2.87. The van der Waals surface area contributed by atoms with Crippen LogP contribution in [-0.2, 0) is 4.79 Å². The number of halogens is 2. The maximum absolute atomic E-state index is 13.2. The Bertz CT molecular complexity index is 466. The summed E-state index contributed by atoms with van der Waals surface area (Å²) in [5.74, 6) is -2.59. The van der Waals surface area contributed by atoms with Crippen LogP contribution >= 0.6 is 15.9 Å². The van der Waals surface area contributed by atoms with Gasteiger partial charge >= 0.3 is 5.97 Å². The molecule has 0 unspecified atom stereocenters. The van der Waals surface area contributed by atoms with Crippen molar-refractivity contribution in [1.29, 1.82) is 0 Å². The van der Waals surface area contributed by atoms with Crippen molar-refractivity contribution in [2.45, 2.75) is 12.5 Å². The van der Waals surface area contributed by atoms with E-state index in [2.05, 4.69) is 21.2 Å². The minimum atomic E-state index is -1.26. The van der Waals surface area contributed by atoms with E-state index in [1.54, 1.807) is 0 Å². The molecule has 0 heterocycles. The summed E-state index contributed by atoms with van der Waals surface area (Å²) in [7, 11) is 0. The van der Waals surface area contributed by atoms with Crippen molar-refractivity contribution >= 4 is 27.8 Å². The number of benzene rings is 1. The summed E-state index contributed by atoms with van der Waals surface area (Å²) in [5.41, 5.74) is -0.000750. The monoisotopic (exact) mass is 319 g/mol. The number of hydrogen-bond donors (Lipinski definition) is 3. The topological polar surface area (TPSA) is 86.6 Å². The van der Waals surface area contributed by atoms with E-state index in [9.17, 15) is 14.0 Å². The number of aliphatic hydroxyl groups excluding tert-OH is 1. The number of aliphatic carboxylic acids is 1. The number of carboxylic acid groups (broad SMARTS) is 1. The fourth-order valence-electron chi connectivity index (χ4n) is 1.30. The Morgan fingerprint density at radius 1 is 1.44 bits per heavy atom. The lowest BCUT2D eigenvalue weighted by molar-refractivity contribution is -0.139. The third-order valence-corrected chi connectivity index (χ3v) is 3.02. The maximum Gasteiger partial charge on any atom is 0.326 e. The van der Waals surface area contributed by atoms with Crippen LogP contribution in [0.4, 0.5) is 4.39 Å². The molecule has 3 N–H and O–H groups in total. The molecule has 0 aromatic heterocycles. The van der Waals surface area contributed by atoms with E-state index >= 15 is 0 Å². The molecule has 1 aromatic rings. The summed E-state index contributed by atoms with van der Waals surface area (Å²) in [6.45, 7) is -0.373. The number of nitrogens with one attached hydrogen (secondary N) is 1. The second-order valence-electron chi connectivity index (χ2n) is 3.48. The first-order chi connectivity index (χ1) is 8.47. The van der Waals surface area contributed by atoms with E-state index in [0.717, 1.165) is 0 Å². The van der Waals surface area contributed by atoms with Gasteiger partial charge in [-0.05, 0) is 28.1 Å². The smallest absolute Gasteiger partial charge is 0.326 e. The van der Waals surface area contributed by atoms with Crippen LogP contribution in [0.3, 0.4) is 0 Å². The lowest BCUT2D eigenvalue weighted by Crippen LogP contribution is -2.41. The van der Waals surface area contributed by atoms with Crippen molar-refractivity contribution in [2.75, 3.05) is 6.61 Å². The first-order valence-electron chi connectivity index (χ1n) is 5.06. The molecule has 7 heteroatoms. The highest BCUT2D eigenvalue weighted by Gasteiger charge is 2.21. The fourth-order valence-corrected chi connectivity index (χ4v) is 1.75. The minimum Gasteiger partial charge on any atom is -0.480 e. The average molecular weight is 320 g/mol. The predicted octanol–water partition coefficient (Wildman–Crippen LogP) is 1.15. The van der Waals surface area contributed by atoms with E-state index in [1.807, 2.05) is 0 Å². The Morgan fingerprint density at radius 3 is 2.67 bits per heavy atom. The minimum absolute atomic E-state index is 0.000750. The molecule has 1 aromatic carbocycles. The molecule has 0 saturated carbocycles. The number of hydrogen-bond acceptors (Lipinski definition) is 3. The second kappa shape index (κ2) is 6.46. The van der Waals surface area contributed by atoms with E-state index in [4.69, 9.17) is 10.2 Å². The molecule has 0 aliphatic carbocycles. The summed E-state index contributed by atoms with van der Waals surface area (Å²) in [6, 6.07) is 2.66. The Kier molecular flexibility index (Phi) is 5.24. The number of aliphatic hydroxyl groups is 1. The fraction of sp³-hybridized carbons (Fsp3) is 0.273. The summed E-state index contributed by atoms with van der Waals surface area (Å²) in [5, 5.41) is 19.7. The van der Waals surface area contributed by atoms with Gasteiger partial charge in [-0.2, -0.15) is 0 Å². The highest BCUT2D eigenvalue weighted by Crippen LogP contribution is 2.20. The van der Waals surface area contributed by atoms with E-state index in [1.165, 1.54) is 18.2 Å². The van der Waals surface area contributed by atoms with Crippen molar-refractivity contribution in [2.24, 2.45) is 0 Å². The molecule has 0 bridgehead atoms. The Labute approximate surface area is 111 Å². The van der Waals surface area contributed by atoms with Crippen LogP contribution in [0, 0.1) is 5.82 Å². The molecule has 0 spiro atoms.